The molecule has 0 spiro atoms. The smallest absolute Gasteiger partial charge is 0.316 e. The lowest BCUT2D eigenvalue weighted by atomic mass is 10.2. The average Bonchev–Trinajstić information content (AvgIpc) is 2.98. The van der Waals surface area contributed by atoms with Crippen LogP contribution in [-0.2, 0) is 9.53 Å². The highest BCUT2D eigenvalue weighted by atomic mass is 32.2. The van der Waals surface area contributed by atoms with E-state index in [-0.39, 0.29) is 11.7 Å². The van der Waals surface area contributed by atoms with Crippen LogP contribution in [0.1, 0.15) is 10.4 Å². The highest BCUT2D eigenvalue weighted by molar-refractivity contribution is 7.99. The van der Waals surface area contributed by atoms with Crippen molar-refractivity contribution in [3.63, 3.8) is 0 Å². The van der Waals surface area contributed by atoms with Gasteiger partial charge in [-0.2, -0.15) is 0 Å². The molecule has 0 amide bonds. The number of aromatic nitrogens is 4. The van der Waals surface area contributed by atoms with Crippen molar-refractivity contribution in [2.75, 3.05) is 12.9 Å². The Balaban J connectivity index is 2.09. The summed E-state index contributed by atoms with van der Waals surface area (Å²) in [4.78, 5) is 17.8. The Morgan fingerprint density at radius 3 is 3.00 bits per heavy atom. The molecule has 0 aliphatic rings. The Labute approximate surface area is 123 Å². The molecule has 104 valence electrons. The Hall–Kier alpha value is -1.67. The van der Waals surface area contributed by atoms with E-state index in [0.29, 0.717) is 5.16 Å². The third-order valence-corrected chi connectivity index (χ3v) is 5.12. The molecule has 0 aliphatic carbocycles. The van der Waals surface area contributed by atoms with Gasteiger partial charge in [-0.3, -0.25) is 9.20 Å². The van der Waals surface area contributed by atoms with Gasteiger partial charge in [0.1, 0.15) is 11.2 Å². The molecular weight excluding hydrogens is 296 g/mol. The normalized spacial score (nSPS) is 11.3. The van der Waals surface area contributed by atoms with Crippen LogP contribution in [0.15, 0.2) is 11.5 Å². The molecule has 3 aromatic heterocycles. The second kappa shape index (κ2) is 5.02. The summed E-state index contributed by atoms with van der Waals surface area (Å²) in [6, 6.07) is 0. The molecule has 0 aromatic carbocycles. The summed E-state index contributed by atoms with van der Waals surface area (Å²) in [7, 11) is 1.37. The first-order valence-electron chi connectivity index (χ1n) is 5.91. The first kappa shape index (κ1) is 13.3. The molecule has 6 nitrogen and oxygen atoms in total. The number of esters is 1. The fraction of sp³-hybridized carbons (Fsp3) is 0.333. The van der Waals surface area contributed by atoms with Crippen molar-refractivity contribution in [3.8, 4) is 0 Å². The van der Waals surface area contributed by atoms with Crippen LogP contribution in [0.4, 0.5) is 0 Å². The molecule has 0 saturated heterocycles. The molecule has 8 heteroatoms. The van der Waals surface area contributed by atoms with Crippen molar-refractivity contribution in [1.82, 2.24) is 19.6 Å². The van der Waals surface area contributed by atoms with Gasteiger partial charge in [0, 0.05) is 4.88 Å². The number of fused-ring (bicyclic) bond motifs is 3. The number of methoxy groups -OCH3 is 1. The Kier molecular flexibility index (Phi) is 3.35. The molecule has 0 atom stereocenters. The highest BCUT2D eigenvalue weighted by Crippen LogP contribution is 2.31. The van der Waals surface area contributed by atoms with Gasteiger partial charge in [-0.15, -0.1) is 21.5 Å². The van der Waals surface area contributed by atoms with Gasteiger partial charge >= 0.3 is 5.97 Å². The molecule has 3 rings (SSSR count). The van der Waals surface area contributed by atoms with E-state index in [1.807, 2.05) is 4.40 Å². The van der Waals surface area contributed by atoms with Gasteiger partial charge in [-0.1, -0.05) is 11.8 Å². The minimum Gasteiger partial charge on any atom is -0.468 e. The number of rotatable bonds is 3. The number of nitrogens with zero attached hydrogens (tertiary/aromatic N) is 4. The zero-order valence-electron chi connectivity index (χ0n) is 11.2. The van der Waals surface area contributed by atoms with Crippen LogP contribution in [0.3, 0.4) is 0 Å². The number of hydrogen-bond acceptors (Lipinski definition) is 7. The monoisotopic (exact) mass is 308 g/mol. The van der Waals surface area contributed by atoms with E-state index in [4.69, 9.17) is 0 Å². The van der Waals surface area contributed by atoms with Gasteiger partial charge in [0.2, 0.25) is 0 Å². The largest absolute Gasteiger partial charge is 0.468 e. The topological polar surface area (TPSA) is 69.4 Å². The third kappa shape index (κ3) is 2.04. The lowest BCUT2D eigenvalue weighted by molar-refractivity contribution is -0.137. The Morgan fingerprint density at radius 2 is 2.25 bits per heavy atom. The SMILES string of the molecule is COC(=O)CSc1nnc2c3c(C)c(C)sc3ncn12. The number of hydrogen-bond donors (Lipinski definition) is 0. The number of carbonyl (C=O) groups excluding carboxylic acids is 1. The molecule has 3 heterocycles. The quantitative estimate of drug-likeness (QED) is 0.546. The maximum atomic E-state index is 11.2. The molecule has 0 N–H and O–H groups in total. The molecule has 0 radical (unpaired) electrons. The fourth-order valence-corrected chi connectivity index (χ4v) is 3.63. The lowest BCUT2D eigenvalue weighted by Crippen LogP contribution is -2.03. The number of carbonyl (C=O) groups is 1. The van der Waals surface area contributed by atoms with E-state index in [9.17, 15) is 4.79 Å². The Morgan fingerprint density at radius 1 is 1.45 bits per heavy atom. The summed E-state index contributed by atoms with van der Waals surface area (Å²) in [5.74, 6) is -0.0832. The number of thioether (sulfide) groups is 1. The van der Waals surface area contributed by atoms with E-state index in [1.54, 1.807) is 17.7 Å². The highest BCUT2D eigenvalue weighted by Gasteiger charge is 2.15. The standard InChI is InChI=1S/C12H12N4O2S2/c1-6-7(2)20-11-9(6)10-14-15-12(16(10)5-13-11)19-4-8(17)18-3/h5H,4H2,1-3H3. The van der Waals surface area contributed by atoms with Crippen molar-refractivity contribution in [1.29, 1.82) is 0 Å². The van der Waals surface area contributed by atoms with Crippen molar-refractivity contribution in [3.05, 3.63) is 16.8 Å². The van der Waals surface area contributed by atoms with Crippen molar-refractivity contribution in [2.24, 2.45) is 0 Å². The summed E-state index contributed by atoms with van der Waals surface area (Å²) in [5, 5.41) is 10.0. The maximum Gasteiger partial charge on any atom is 0.316 e. The van der Waals surface area contributed by atoms with Gasteiger partial charge in [-0.05, 0) is 19.4 Å². The Bertz CT molecular complexity index is 809. The van der Waals surface area contributed by atoms with E-state index in [0.717, 1.165) is 15.9 Å². The third-order valence-electron chi connectivity index (χ3n) is 3.09. The van der Waals surface area contributed by atoms with Crippen LogP contribution in [-0.4, -0.2) is 38.4 Å². The van der Waals surface area contributed by atoms with Gasteiger partial charge in [-0.25, -0.2) is 4.98 Å². The summed E-state index contributed by atoms with van der Waals surface area (Å²) in [6.07, 6.45) is 1.70. The molecule has 20 heavy (non-hydrogen) atoms. The zero-order chi connectivity index (χ0) is 14.3. The first-order chi connectivity index (χ1) is 9.61. The molecule has 0 bridgehead atoms. The lowest BCUT2D eigenvalue weighted by Gasteiger charge is -1.99. The molecule has 0 unspecified atom stereocenters. The van der Waals surface area contributed by atoms with Crippen LogP contribution in [0.5, 0.6) is 0 Å². The van der Waals surface area contributed by atoms with Crippen molar-refractivity contribution in [2.45, 2.75) is 19.0 Å². The molecule has 0 saturated carbocycles. The zero-order valence-corrected chi connectivity index (χ0v) is 12.8. The number of aryl methyl sites for hydroxylation is 2. The number of thiophene rings is 1. The summed E-state index contributed by atoms with van der Waals surface area (Å²) < 4.78 is 6.44. The van der Waals surface area contributed by atoms with Crippen LogP contribution >= 0.6 is 23.1 Å². The molecular formula is C12H12N4O2S2. The van der Waals surface area contributed by atoms with Crippen molar-refractivity contribution < 1.29 is 9.53 Å². The fourth-order valence-electron chi connectivity index (χ4n) is 1.91. The maximum absolute atomic E-state index is 11.2. The minimum atomic E-state index is -0.289. The van der Waals surface area contributed by atoms with Gasteiger partial charge in [0.25, 0.3) is 0 Å². The van der Waals surface area contributed by atoms with Gasteiger partial charge in [0.15, 0.2) is 10.8 Å². The first-order valence-corrected chi connectivity index (χ1v) is 7.71. The minimum absolute atomic E-state index is 0.205. The van der Waals surface area contributed by atoms with Crippen LogP contribution < -0.4 is 0 Å². The van der Waals surface area contributed by atoms with E-state index in [2.05, 4.69) is 33.8 Å². The average molecular weight is 308 g/mol. The van der Waals surface area contributed by atoms with Crippen LogP contribution in [0.2, 0.25) is 0 Å². The van der Waals surface area contributed by atoms with Crippen LogP contribution in [0.25, 0.3) is 15.9 Å². The van der Waals surface area contributed by atoms with Crippen molar-refractivity contribution >= 4 is 44.9 Å². The number of ether oxygens (including phenoxy) is 1. The molecule has 0 fully saturated rings. The molecule has 0 aliphatic heterocycles. The van der Waals surface area contributed by atoms with Crippen LogP contribution in [0, 0.1) is 13.8 Å². The second-order valence-corrected chi connectivity index (χ2v) is 6.39. The summed E-state index contributed by atoms with van der Waals surface area (Å²) in [5.41, 5.74) is 1.96. The second-order valence-electron chi connectivity index (χ2n) is 4.25. The van der Waals surface area contributed by atoms with Gasteiger partial charge < -0.3 is 4.74 Å². The molecule has 3 aromatic rings. The van der Waals surface area contributed by atoms with E-state index in [1.165, 1.54) is 29.3 Å². The predicted molar refractivity (Wildman–Crippen MR) is 78.4 cm³/mol. The van der Waals surface area contributed by atoms with E-state index >= 15 is 0 Å². The summed E-state index contributed by atoms with van der Waals surface area (Å²) >= 11 is 2.94. The summed E-state index contributed by atoms with van der Waals surface area (Å²) in [6.45, 7) is 4.13. The van der Waals surface area contributed by atoms with Gasteiger partial charge in [0.05, 0.1) is 18.2 Å². The predicted octanol–water partition coefficient (Wildman–Crippen LogP) is 2.22. The van der Waals surface area contributed by atoms with E-state index < -0.39 is 0 Å².